The summed E-state index contributed by atoms with van der Waals surface area (Å²) in [4.78, 5) is 13.0. The summed E-state index contributed by atoms with van der Waals surface area (Å²) < 4.78 is 5.60. The number of aromatic nitrogens is 1. The van der Waals surface area contributed by atoms with E-state index in [4.69, 9.17) is 4.74 Å². The van der Waals surface area contributed by atoms with Crippen LogP contribution in [0.1, 0.15) is 24.3 Å². The minimum atomic E-state index is 0. The molecule has 0 spiro atoms. The average molecular weight is 515 g/mol. The molecule has 0 aliphatic carbocycles. The summed E-state index contributed by atoms with van der Waals surface area (Å²) in [7, 11) is 0. The lowest BCUT2D eigenvalue weighted by atomic mass is 10.2. The van der Waals surface area contributed by atoms with Gasteiger partial charge in [-0.25, -0.2) is 9.98 Å². The summed E-state index contributed by atoms with van der Waals surface area (Å²) in [6.45, 7) is 9.06. The fourth-order valence-electron chi connectivity index (χ4n) is 2.99. The fraction of sp³-hybridized carbons (Fsp3) is 0.500. The summed E-state index contributed by atoms with van der Waals surface area (Å²) in [6, 6.07) is 8.45. The molecule has 2 aromatic rings. The van der Waals surface area contributed by atoms with Gasteiger partial charge in [0.1, 0.15) is 5.82 Å². The Hall–Kier alpha value is -1.39. The van der Waals surface area contributed by atoms with Gasteiger partial charge in [-0.15, -0.1) is 35.3 Å². The van der Waals surface area contributed by atoms with E-state index in [1.807, 2.05) is 6.20 Å². The maximum Gasteiger partial charge on any atom is 0.191 e. The van der Waals surface area contributed by atoms with Gasteiger partial charge in [-0.2, -0.15) is 0 Å². The Morgan fingerprint density at radius 2 is 2.25 bits per heavy atom. The van der Waals surface area contributed by atoms with Crippen LogP contribution in [-0.4, -0.2) is 49.8 Å². The number of thiophene rings is 1. The minimum Gasteiger partial charge on any atom is -0.375 e. The summed E-state index contributed by atoms with van der Waals surface area (Å²) in [5.41, 5.74) is 1.11. The van der Waals surface area contributed by atoms with Crippen LogP contribution in [0.2, 0.25) is 0 Å². The van der Waals surface area contributed by atoms with E-state index >= 15 is 0 Å². The molecule has 0 saturated carbocycles. The molecule has 3 rings (SSSR count). The lowest BCUT2D eigenvalue weighted by Crippen LogP contribution is -2.41. The number of hydrogen-bond acceptors (Lipinski definition) is 5. The number of pyridine rings is 1. The molecule has 3 heterocycles. The Labute approximate surface area is 188 Å². The first-order chi connectivity index (χ1) is 13.2. The van der Waals surface area contributed by atoms with Gasteiger partial charge in [-0.3, -0.25) is 0 Å². The van der Waals surface area contributed by atoms with Crippen molar-refractivity contribution in [3.63, 3.8) is 0 Å². The van der Waals surface area contributed by atoms with Crippen molar-refractivity contribution in [3.05, 3.63) is 46.3 Å². The first-order valence-electron chi connectivity index (χ1n) is 9.60. The first-order valence-corrected chi connectivity index (χ1v) is 10.5. The van der Waals surface area contributed by atoms with E-state index in [1.165, 1.54) is 4.88 Å². The maximum atomic E-state index is 5.60. The Kier molecular flexibility index (Phi) is 10.0. The van der Waals surface area contributed by atoms with E-state index in [0.29, 0.717) is 6.54 Å². The molecule has 28 heavy (non-hydrogen) atoms. The molecule has 0 aromatic carbocycles. The zero-order valence-electron chi connectivity index (χ0n) is 16.6. The largest absolute Gasteiger partial charge is 0.375 e. The number of aliphatic imine (C=N–C) groups is 1. The van der Waals surface area contributed by atoms with Crippen molar-refractivity contribution in [1.29, 1.82) is 0 Å². The smallest absolute Gasteiger partial charge is 0.191 e. The fourth-order valence-corrected chi connectivity index (χ4v) is 3.70. The summed E-state index contributed by atoms with van der Waals surface area (Å²) in [5.74, 6) is 1.86. The number of nitrogens with zero attached hydrogens (tertiary/aromatic N) is 3. The number of ether oxygens (including phenoxy) is 1. The highest BCUT2D eigenvalue weighted by atomic mass is 127. The molecule has 1 atom stereocenters. The number of hydrogen-bond donors (Lipinski definition) is 2. The second-order valence-corrected chi connectivity index (χ2v) is 7.64. The van der Waals surface area contributed by atoms with Crippen molar-refractivity contribution in [3.8, 4) is 0 Å². The van der Waals surface area contributed by atoms with Crippen LogP contribution in [0.15, 0.2) is 40.8 Å². The van der Waals surface area contributed by atoms with Gasteiger partial charge in [0.25, 0.3) is 0 Å². The zero-order valence-corrected chi connectivity index (χ0v) is 19.7. The third-order valence-corrected chi connectivity index (χ3v) is 5.32. The molecule has 0 bridgehead atoms. The van der Waals surface area contributed by atoms with Crippen LogP contribution in [-0.2, 0) is 17.7 Å². The molecule has 2 N–H and O–H groups in total. The topological polar surface area (TPSA) is 61.8 Å². The monoisotopic (exact) mass is 515 g/mol. The molecule has 0 amide bonds. The molecule has 6 nitrogen and oxygen atoms in total. The van der Waals surface area contributed by atoms with E-state index in [-0.39, 0.29) is 30.1 Å². The summed E-state index contributed by atoms with van der Waals surface area (Å²) in [6.07, 6.45) is 3.19. The second kappa shape index (κ2) is 12.2. The van der Waals surface area contributed by atoms with Gasteiger partial charge in [0.2, 0.25) is 0 Å². The molecule has 1 fully saturated rings. The number of halogens is 1. The molecule has 1 unspecified atom stereocenters. The van der Waals surface area contributed by atoms with Crippen LogP contribution in [0, 0.1) is 0 Å². The number of rotatable bonds is 7. The van der Waals surface area contributed by atoms with Crippen LogP contribution in [0.3, 0.4) is 0 Å². The van der Waals surface area contributed by atoms with E-state index in [1.54, 1.807) is 11.3 Å². The van der Waals surface area contributed by atoms with Gasteiger partial charge in [-0.1, -0.05) is 12.1 Å². The van der Waals surface area contributed by atoms with Crippen LogP contribution in [0.5, 0.6) is 0 Å². The van der Waals surface area contributed by atoms with Gasteiger partial charge < -0.3 is 20.3 Å². The van der Waals surface area contributed by atoms with Crippen molar-refractivity contribution in [2.24, 2.45) is 4.99 Å². The summed E-state index contributed by atoms with van der Waals surface area (Å²) in [5, 5.41) is 8.81. The standard InChI is InChI=1S/C20H29N5OS.HI/c1-3-21-20(22-9-8-18-5-4-12-27-18)24-14-17-6-7-19(23-13-17)25-10-11-26-16(2)15-25;/h4-7,12-13,16H,3,8-11,14-15H2,1-2H3,(H2,21,22,24);1H. The van der Waals surface area contributed by atoms with Gasteiger partial charge in [0.05, 0.1) is 19.3 Å². The number of nitrogens with one attached hydrogen (secondary N) is 2. The van der Waals surface area contributed by atoms with E-state index in [9.17, 15) is 0 Å². The Morgan fingerprint density at radius 1 is 1.36 bits per heavy atom. The lowest BCUT2D eigenvalue weighted by molar-refractivity contribution is 0.0529. The molecular formula is C20H30IN5OS. The molecule has 154 valence electrons. The van der Waals surface area contributed by atoms with Crippen LogP contribution >= 0.6 is 35.3 Å². The predicted molar refractivity (Wildman–Crippen MR) is 128 cm³/mol. The SMILES string of the molecule is CCNC(=NCc1ccc(N2CCOC(C)C2)nc1)NCCc1cccs1.I. The lowest BCUT2D eigenvalue weighted by Gasteiger charge is -2.32. The van der Waals surface area contributed by atoms with Crippen LogP contribution < -0.4 is 15.5 Å². The van der Waals surface area contributed by atoms with E-state index in [0.717, 1.165) is 56.5 Å². The Balaban J connectivity index is 0.00000280. The van der Waals surface area contributed by atoms with Crippen molar-refractivity contribution in [1.82, 2.24) is 15.6 Å². The maximum absolute atomic E-state index is 5.60. The first kappa shape index (κ1) is 22.9. The Morgan fingerprint density at radius 3 is 2.93 bits per heavy atom. The van der Waals surface area contributed by atoms with Crippen molar-refractivity contribution >= 4 is 47.1 Å². The number of morpholine rings is 1. The van der Waals surface area contributed by atoms with E-state index < -0.39 is 0 Å². The quantitative estimate of drug-likeness (QED) is 0.337. The molecular weight excluding hydrogens is 485 g/mol. The van der Waals surface area contributed by atoms with Crippen molar-refractivity contribution in [2.75, 3.05) is 37.7 Å². The molecule has 2 aromatic heterocycles. The molecule has 1 aliphatic heterocycles. The highest BCUT2D eigenvalue weighted by Crippen LogP contribution is 2.15. The van der Waals surface area contributed by atoms with Gasteiger partial charge in [-0.05, 0) is 43.3 Å². The highest BCUT2D eigenvalue weighted by molar-refractivity contribution is 14.0. The van der Waals surface area contributed by atoms with Gasteiger partial charge in [0, 0.05) is 37.3 Å². The highest BCUT2D eigenvalue weighted by Gasteiger charge is 2.17. The molecule has 8 heteroatoms. The van der Waals surface area contributed by atoms with Crippen molar-refractivity contribution in [2.45, 2.75) is 32.9 Å². The molecule has 0 radical (unpaired) electrons. The normalized spacial score (nSPS) is 17.1. The summed E-state index contributed by atoms with van der Waals surface area (Å²) >= 11 is 1.79. The number of anilines is 1. The Bertz CT molecular complexity index is 708. The van der Waals surface area contributed by atoms with E-state index in [2.05, 4.69) is 69.0 Å². The second-order valence-electron chi connectivity index (χ2n) is 6.60. The van der Waals surface area contributed by atoms with Gasteiger partial charge >= 0.3 is 0 Å². The predicted octanol–water partition coefficient (Wildman–Crippen LogP) is 3.28. The third-order valence-electron chi connectivity index (χ3n) is 4.38. The van der Waals surface area contributed by atoms with Crippen LogP contribution in [0.25, 0.3) is 0 Å². The van der Waals surface area contributed by atoms with Crippen molar-refractivity contribution < 1.29 is 4.74 Å². The minimum absolute atomic E-state index is 0. The third kappa shape index (κ3) is 7.21. The van der Waals surface area contributed by atoms with Gasteiger partial charge in [0.15, 0.2) is 5.96 Å². The molecule has 1 saturated heterocycles. The van der Waals surface area contributed by atoms with Crippen LogP contribution in [0.4, 0.5) is 5.82 Å². The molecule has 1 aliphatic rings. The zero-order chi connectivity index (χ0) is 18.9. The number of guanidine groups is 1. The average Bonchev–Trinajstić information content (AvgIpc) is 3.20.